The van der Waals surface area contributed by atoms with Crippen LogP contribution in [0, 0.1) is 0 Å². The highest BCUT2D eigenvalue weighted by molar-refractivity contribution is 7.99. The third kappa shape index (κ3) is 4.09. The lowest BCUT2D eigenvalue weighted by atomic mass is 10.2. The summed E-state index contributed by atoms with van der Waals surface area (Å²) >= 11 is 1.38. The van der Waals surface area contributed by atoms with E-state index in [1.165, 1.54) is 24.6 Å². The van der Waals surface area contributed by atoms with Gasteiger partial charge in [-0.15, -0.1) is 5.10 Å². The molecule has 4 rings (SSSR count). The van der Waals surface area contributed by atoms with Crippen LogP contribution in [0.2, 0.25) is 0 Å². The number of carbonyl (C=O) groups excluding carboxylic acids is 1. The van der Waals surface area contributed by atoms with E-state index in [2.05, 4.69) is 30.7 Å². The number of hydrogen-bond acceptors (Lipinski definition) is 7. The molecule has 1 aliphatic carbocycles. The van der Waals surface area contributed by atoms with Crippen LogP contribution in [0.5, 0.6) is 0 Å². The van der Waals surface area contributed by atoms with Crippen LogP contribution in [0.4, 0.5) is 5.82 Å². The quantitative estimate of drug-likeness (QED) is 0.748. The van der Waals surface area contributed by atoms with E-state index in [0.717, 1.165) is 37.3 Å². The number of pyridine rings is 1. The van der Waals surface area contributed by atoms with Crippen molar-refractivity contribution in [1.29, 1.82) is 0 Å². The van der Waals surface area contributed by atoms with Crippen molar-refractivity contribution in [3.63, 3.8) is 0 Å². The smallest absolute Gasteiger partial charge is 0.230 e. The highest BCUT2D eigenvalue weighted by atomic mass is 32.2. The number of thioether (sulfide) groups is 1. The van der Waals surface area contributed by atoms with Gasteiger partial charge in [0.25, 0.3) is 0 Å². The molecule has 25 heavy (non-hydrogen) atoms. The maximum atomic E-state index is 12.0. The molecular weight excluding hydrogens is 338 g/mol. The maximum Gasteiger partial charge on any atom is 0.230 e. The van der Waals surface area contributed by atoms with Crippen LogP contribution in [0.25, 0.3) is 0 Å². The van der Waals surface area contributed by atoms with Crippen molar-refractivity contribution in [2.45, 2.75) is 43.4 Å². The van der Waals surface area contributed by atoms with Crippen LogP contribution in [0.3, 0.4) is 0 Å². The second-order valence-electron chi connectivity index (χ2n) is 6.42. The first-order valence-electron chi connectivity index (χ1n) is 8.67. The normalized spacial score (nSPS) is 17.0. The number of nitrogens with one attached hydrogen (secondary N) is 1. The molecule has 0 radical (unpaired) electrons. The fraction of sp³-hybridized carbons (Fsp3) is 0.562. The highest BCUT2D eigenvalue weighted by Crippen LogP contribution is 2.36. The zero-order chi connectivity index (χ0) is 17.1. The number of anilines is 1. The third-order valence-corrected chi connectivity index (χ3v) is 5.35. The molecule has 0 aromatic carbocycles. The molecule has 1 amide bonds. The summed E-state index contributed by atoms with van der Waals surface area (Å²) in [6, 6.07) is 4.48. The molecule has 2 aliphatic rings. The van der Waals surface area contributed by atoms with Crippen molar-refractivity contribution >= 4 is 23.5 Å². The predicted molar refractivity (Wildman–Crippen MR) is 94.3 cm³/mol. The minimum absolute atomic E-state index is 0.0287. The van der Waals surface area contributed by atoms with Crippen molar-refractivity contribution < 1.29 is 4.79 Å². The summed E-state index contributed by atoms with van der Waals surface area (Å²) in [4.78, 5) is 18.8. The number of hydrogen-bond donors (Lipinski definition) is 1. The highest BCUT2D eigenvalue weighted by Gasteiger charge is 2.28. The lowest BCUT2D eigenvalue weighted by molar-refractivity contribution is -0.118. The average molecular weight is 359 g/mol. The van der Waals surface area contributed by atoms with Gasteiger partial charge >= 0.3 is 0 Å². The van der Waals surface area contributed by atoms with Crippen molar-refractivity contribution in [1.82, 2.24) is 30.5 Å². The van der Waals surface area contributed by atoms with Gasteiger partial charge in [0.15, 0.2) is 0 Å². The van der Waals surface area contributed by atoms with Gasteiger partial charge in [0, 0.05) is 25.8 Å². The van der Waals surface area contributed by atoms with Crippen molar-refractivity contribution in [3.05, 3.63) is 23.9 Å². The molecule has 0 atom stereocenters. The maximum absolute atomic E-state index is 12.0. The van der Waals surface area contributed by atoms with Gasteiger partial charge in [0.1, 0.15) is 5.82 Å². The number of amides is 1. The Balaban J connectivity index is 1.23. The standard InChI is InChI=1S/C16H21N7OS/c24-15(11-25-16-19-20-21-23(16)13-4-5-13)18-10-12-3-6-14(17-9-12)22-7-1-2-8-22/h3,6,9,13H,1-2,4-5,7-8,10-11H2,(H,18,24). The van der Waals surface area contributed by atoms with Gasteiger partial charge in [0.2, 0.25) is 11.1 Å². The summed E-state index contributed by atoms with van der Waals surface area (Å²) in [6.45, 7) is 2.65. The van der Waals surface area contributed by atoms with E-state index in [1.807, 2.05) is 23.0 Å². The minimum atomic E-state index is -0.0287. The van der Waals surface area contributed by atoms with E-state index in [4.69, 9.17) is 0 Å². The molecule has 1 saturated carbocycles. The van der Waals surface area contributed by atoms with Crippen molar-refractivity contribution in [2.75, 3.05) is 23.7 Å². The largest absolute Gasteiger partial charge is 0.357 e. The molecule has 8 nitrogen and oxygen atoms in total. The lowest BCUT2D eigenvalue weighted by Gasteiger charge is -2.16. The van der Waals surface area contributed by atoms with E-state index in [-0.39, 0.29) is 5.91 Å². The number of aromatic nitrogens is 5. The monoisotopic (exact) mass is 359 g/mol. The average Bonchev–Trinajstić information content (AvgIpc) is 3.14. The molecule has 0 bridgehead atoms. The SMILES string of the molecule is O=C(CSc1nnnn1C1CC1)NCc1ccc(N2CCCC2)nc1. The van der Waals surface area contributed by atoms with E-state index < -0.39 is 0 Å². The molecule has 1 saturated heterocycles. The van der Waals surface area contributed by atoms with Crippen LogP contribution in [0.1, 0.15) is 37.3 Å². The molecule has 2 fully saturated rings. The van der Waals surface area contributed by atoms with E-state index in [9.17, 15) is 4.79 Å². The molecule has 3 heterocycles. The fourth-order valence-electron chi connectivity index (χ4n) is 2.87. The number of rotatable bonds is 7. The van der Waals surface area contributed by atoms with Crippen LogP contribution in [-0.2, 0) is 11.3 Å². The van der Waals surface area contributed by atoms with Gasteiger partial charge in [-0.2, -0.15) is 0 Å². The molecule has 2 aromatic rings. The van der Waals surface area contributed by atoms with Crippen molar-refractivity contribution in [3.8, 4) is 0 Å². The predicted octanol–water partition coefficient (Wildman–Crippen LogP) is 1.41. The first-order valence-corrected chi connectivity index (χ1v) is 9.65. The van der Waals surface area contributed by atoms with Crippen LogP contribution >= 0.6 is 11.8 Å². The van der Waals surface area contributed by atoms with Gasteiger partial charge < -0.3 is 10.2 Å². The van der Waals surface area contributed by atoms with E-state index in [1.54, 1.807) is 0 Å². The molecule has 1 aliphatic heterocycles. The van der Waals surface area contributed by atoms with Gasteiger partial charge in [-0.25, -0.2) is 9.67 Å². The van der Waals surface area contributed by atoms with Crippen LogP contribution in [0.15, 0.2) is 23.5 Å². The molecule has 0 spiro atoms. The van der Waals surface area contributed by atoms with Gasteiger partial charge in [-0.05, 0) is 47.7 Å². The Bertz CT molecular complexity index is 722. The zero-order valence-electron chi connectivity index (χ0n) is 14.0. The van der Waals surface area contributed by atoms with Crippen LogP contribution < -0.4 is 10.2 Å². The molecule has 9 heteroatoms. The Morgan fingerprint density at radius 1 is 1.28 bits per heavy atom. The fourth-order valence-corrected chi connectivity index (χ4v) is 3.64. The zero-order valence-corrected chi connectivity index (χ0v) is 14.8. The third-order valence-electron chi connectivity index (χ3n) is 4.42. The summed E-state index contributed by atoms with van der Waals surface area (Å²) in [5.74, 6) is 1.31. The second-order valence-corrected chi connectivity index (χ2v) is 7.36. The minimum Gasteiger partial charge on any atom is -0.357 e. The Kier molecular flexibility index (Phi) is 4.82. The summed E-state index contributed by atoms with van der Waals surface area (Å²) in [7, 11) is 0. The summed E-state index contributed by atoms with van der Waals surface area (Å²) in [5.41, 5.74) is 1.00. The number of carbonyl (C=O) groups is 1. The van der Waals surface area contributed by atoms with Gasteiger partial charge in [-0.1, -0.05) is 17.8 Å². The Labute approximate surface area is 150 Å². The van der Waals surface area contributed by atoms with Gasteiger partial charge in [-0.3, -0.25) is 4.79 Å². The Morgan fingerprint density at radius 2 is 2.12 bits per heavy atom. The number of nitrogens with zero attached hydrogens (tertiary/aromatic N) is 6. The molecule has 132 valence electrons. The molecule has 2 aromatic heterocycles. The number of tetrazole rings is 1. The topological polar surface area (TPSA) is 88.8 Å². The van der Waals surface area contributed by atoms with E-state index >= 15 is 0 Å². The van der Waals surface area contributed by atoms with Crippen molar-refractivity contribution in [2.24, 2.45) is 0 Å². The summed E-state index contributed by atoms with van der Waals surface area (Å²) < 4.78 is 1.82. The second kappa shape index (κ2) is 7.38. The van der Waals surface area contributed by atoms with Gasteiger partial charge in [0.05, 0.1) is 11.8 Å². The Hall–Kier alpha value is -2.16. The molecule has 1 N–H and O–H groups in total. The molecule has 0 unspecified atom stereocenters. The molecular formula is C16H21N7OS. The first kappa shape index (κ1) is 16.3. The van der Waals surface area contributed by atoms with Crippen LogP contribution in [-0.4, -0.2) is 49.9 Å². The first-order chi connectivity index (χ1) is 12.3. The van der Waals surface area contributed by atoms with E-state index in [0.29, 0.717) is 23.5 Å². The lowest BCUT2D eigenvalue weighted by Crippen LogP contribution is -2.25. The summed E-state index contributed by atoms with van der Waals surface area (Å²) in [6.07, 6.45) is 6.55. The Morgan fingerprint density at radius 3 is 2.84 bits per heavy atom. The summed E-state index contributed by atoms with van der Waals surface area (Å²) in [5, 5.41) is 15.3.